The van der Waals surface area contributed by atoms with Crippen molar-refractivity contribution >= 4 is 21.2 Å². The molecule has 1 N–H and O–H groups in total. The fourth-order valence-electron chi connectivity index (χ4n) is 2.97. The zero-order valence-electron chi connectivity index (χ0n) is 14.0. The predicted molar refractivity (Wildman–Crippen MR) is 93.7 cm³/mol. The first-order valence-electron chi connectivity index (χ1n) is 8.37. The number of anilines is 1. The summed E-state index contributed by atoms with van der Waals surface area (Å²) in [5.74, 6) is -1.36. The van der Waals surface area contributed by atoms with Crippen LogP contribution in [-0.2, 0) is 16.4 Å². The molecule has 5 nitrogen and oxygen atoms in total. The highest BCUT2D eigenvalue weighted by Crippen LogP contribution is 2.42. The summed E-state index contributed by atoms with van der Waals surface area (Å²) in [6.07, 6.45) is 5.37. The van der Waals surface area contributed by atoms with Gasteiger partial charge in [-0.3, -0.25) is 4.72 Å². The Labute approximate surface area is 149 Å². The lowest BCUT2D eigenvalue weighted by molar-refractivity contribution is 0.586. The van der Waals surface area contributed by atoms with Gasteiger partial charge in [-0.25, -0.2) is 21.7 Å². The maximum atomic E-state index is 14.3. The van der Waals surface area contributed by atoms with E-state index in [-0.39, 0.29) is 10.8 Å². The molecule has 0 spiro atoms. The summed E-state index contributed by atoms with van der Waals surface area (Å²) < 4.78 is 57.4. The van der Waals surface area contributed by atoms with Crippen molar-refractivity contribution in [2.24, 2.45) is 0 Å². The van der Waals surface area contributed by atoms with Crippen molar-refractivity contribution in [3.63, 3.8) is 0 Å². The number of pyridine rings is 1. The van der Waals surface area contributed by atoms with Gasteiger partial charge in [-0.2, -0.15) is 5.10 Å². The van der Waals surface area contributed by atoms with Crippen molar-refractivity contribution in [2.45, 2.75) is 37.0 Å². The van der Waals surface area contributed by atoms with Crippen LogP contribution in [0.5, 0.6) is 0 Å². The van der Waals surface area contributed by atoms with Crippen molar-refractivity contribution in [2.75, 3.05) is 4.72 Å². The van der Waals surface area contributed by atoms with Crippen LogP contribution in [0.25, 0.3) is 5.52 Å². The molecule has 0 unspecified atom stereocenters. The second kappa shape index (κ2) is 6.05. The summed E-state index contributed by atoms with van der Waals surface area (Å²) >= 11 is 0. The number of nitrogens with one attached hydrogen (secondary N) is 1. The Bertz CT molecular complexity index is 1110. The summed E-state index contributed by atoms with van der Waals surface area (Å²) in [5.41, 5.74) is 1.26. The van der Waals surface area contributed by atoms with E-state index in [9.17, 15) is 17.2 Å². The largest absolute Gasteiger partial charge is 0.276 e. The highest BCUT2D eigenvalue weighted by Gasteiger charge is 2.29. The highest BCUT2D eigenvalue weighted by molar-refractivity contribution is 7.93. The van der Waals surface area contributed by atoms with Crippen LogP contribution >= 0.6 is 0 Å². The molecular weight excluding hydrogens is 360 g/mol. The van der Waals surface area contributed by atoms with Gasteiger partial charge in [0.2, 0.25) is 0 Å². The minimum Gasteiger partial charge on any atom is -0.276 e. The first-order valence-corrected chi connectivity index (χ1v) is 9.85. The number of rotatable bonds is 5. The molecule has 1 fully saturated rings. The highest BCUT2D eigenvalue weighted by atomic mass is 32.2. The maximum absolute atomic E-state index is 14.3. The molecule has 3 aromatic rings. The number of hydrogen-bond donors (Lipinski definition) is 1. The SMILES string of the molecule is CCc1ccc2c(S(=O)(=O)Nc3cc(F)c(C4CC4)cc3F)cnn2c1. The zero-order valence-corrected chi connectivity index (χ0v) is 14.9. The third-order valence-corrected chi connectivity index (χ3v) is 5.97. The number of nitrogens with zero attached hydrogens (tertiary/aromatic N) is 2. The van der Waals surface area contributed by atoms with Gasteiger partial charge in [0.05, 0.1) is 17.4 Å². The van der Waals surface area contributed by atoms with E-state index in [2.05, 4.69) is 9.82 Å². The smallest absolute Gasteiger partial charge is 0.265 e. The minimum absolute atomic E-state index is 0.0301. The molecule has 1 aliphatic rings. The van der Waals surface area contributed by atoms with Crippen LogP contribution in [0, 0.1) is 11.6 Å². The Balaban J connectivity index is 1.71. The topological polar surface area (TPSA) is 63.5 Å². The normalized spacial score (nSPS) is 14.7. The van der Waals surface area contributed by atoms with Crippen molar-refractivity contribution in [1.82, 2.24) is 9.61 Å². The summed E-state index contributed by atoms with van der Waals surface area (Å²) in [6, 6.07) is 5.43. The fraction of sp³-hybridized carbons (Fsp3) is 0.278. The summed E-state index contributed by atoms with van der Waals surface area (Å²) in [6.45, 7) is 1.98. The van der Waals surface area contributed by atoms with Crippen molar-refractivity contribution in [1.29, 1.82) is 0 Å². The first kappa shape index (κ1) is 17.0. The number of hydrogen-bond acceptors (Lipinski definition) is 3. The van der Waals surface area contributed by atoms with Crippen LogP contribution in [-0.4, -0.2) is 18.0 Å². The average molecular weight is 377 g/mol. The van der Waals surface area contributed by atoms with E-state index in [4.69, 9.17) is 0 Å². The standard InChI is InChI=1S/C18H17F2N3O2S/c1-2-11-3-6-17-18(9-21-23(17)10-11)26(24,25)22-16-8-14(19)13(7-15(16)20)12-4-5-12/h3,6-10,12,22H,2,4-5H2,1H3. The molecule has 2 heterocycles. The van der Waals surface area contributed by atoms with Gasteiger partial charge >= 0.3 is 0 Å². The Morgan fingerprint density at radius 1 is 1.23 bits per heavy atom. The molecule has 0 saturated heterocycles. The lowest BCUT2D eigenvalue weighted by Gasteiger charge is -2.10. The van der Waals surface area contributed by atoms with E-state index in [1.54, 1.807) is 18.3 Å². The van der Waals surface area contributed by atoms with Crippen LogP contribution in [0.1, 0.15) is 36.8 Å². The second-order valence-electron chi connectivity index (χ2n) is 6.46. The van der Waals surface area contributed by atoms with Crippen molar-refractivity contribution < 1.29 is 17.2 Å². The van der Waals surface area contributed by atoms with Gasteiger partial charge in [-0.1, -0.05) is 13.0 Å². The molecule has 0 amide bonds. The van der Waals surface area contributed by atoms with E-state index >= 15 is 0 Å². The van der Waals surface area contributed by atoms with Crippen LogP contribution in [0.15, 0.2) is 41.6 Å². The lowest BCUT2D eigenvalue weighted by Crippen LogP contribution is -2.14. The molecule has 0 bridgehead atoms. The van der Waals surface area contributed by atoms with Gasteiger partial charge in [0.25, 0.3) is 10.0 Å². The average Bonchev–Trinajstić information content (AvgIpc) is 3.35. The molecule has 8 heteroatoms. The number of fused-ring (bicyclic) bond motifs is 1. The Morgan fingerprint density at radius 2 is 2.00 bits per heavy atom. The van der Waals surface area contributed by atoms with E-state index in [1.165, 1.54) is 10.7 Å². The van der Waals surface area contributed by atoms with E-state index in [0.29, 0.717) is 11.1 Å². The lowest BCUT2D eigenvalue weighted by atomic mass is 10.1. The number of benzene rings is 1. The monoisotopic (exact) mass is 377 g/mol. The number of aryl methyl sites for hydroxylation is 1. The van der Waals surface area contributed by atoms with Gasteiger partial charge in [-0.15, -0.1) is 0 Å². The molecule has 1 saturated carbocycles. The minimum atomic E-state index is -4.11. The predicted octanol–water partition coefficient (Wildman–Crippen LogP) is 3.85. The number of halogens is 2. The Morgan fingerprint density at radius 3 is 2.69 bits per heavy atom. The van der Waals surface area contributed by atoms with E-state index in [1.807, 2.05) is 6.92 Å². The molecule has 1 aliphatic carbocycles. The number of aromatic nitrogens is 2. The molecule has 0 atom stereocenters. The third kappa shape index (κ3) is 2.94. The molecule has 26 heavy (non-hydrogen) atoms. The molecule has 1 aromatic carbocycles. The summed E-state index contributed by atoms with van der Waals surface area (Å²) in [7, 11) is -4.11. The van der Waals surface area contributed by atoms with Gasteiger partial charge in [0.15, 0.2) is 0 Å². The maximum Gasteiger partial charge on any atom is 0.265 e. The Kier molecular flexibility index (Phi) is 3.95. The summed E-state index contributed by atoms with van der Waals surface area (Å²) in [4.78, 5) is -0.0915. The fourth-order valence-corrected chi connectivity index (χ4v) is 4.15. The molecule has 0 radical (unpaired) electrons. The van der Waals surface area contributed by atoms with Crippen LogP contribution in [0.3, 0.4) is 0 Å². The van der Waals surface area contributed by atoms with Crippen molar-refractivity contribution in [3.05, 3.63) is 59.4 Å². The first-order chi connectivity index (χ1) is 12.4. The van der Waals surface area contributed by atoms with Gasteiger partial charge < -0.3 is 0 Å². The van der Waals surface area contributed by atoms with Crippen LogP contribution in [0.4, 0.5) is 14.5 Å². The van der Waals surface area contributed by atoms with Gasteiger partial charge in [0.1, 0.15) is 16.5 Å². The Hall–Kier alpha value is -2.48. The quantitative estimate of drug-likeness (QED) is 0.735. The molecule has 0 aliphatic heterocycles. The van der Waals surface area contributed by atoms with Crippen molar-refractivity contribution in [3.8, 4) is 0 Å². The van der Waals surface area contributed by atoms with E-state index < -0.39 is 27.3 Å². The second-order valence-corrected chi connectivity index (χ2v) is 8.11. The number of sulfonamides is 1. The molecular formula is C18H17F2N3O2S. The third-order valence-electron chi connectivity index (χ3n) is 4.59. The van der Waals surface area contributed by atoms with Crippen LogP contribution < -0.4 is 4.72 Å². The van der Waals surface area contributed by atoms with E-state index in [0.717, 1.165) is 37.0 Å². The van der Waals surface area contributed by atoms with Gasteiger partial charge in [-0.05, 0) is 48.4 Å². The molecule has 136 valence electrons. The summed E-state index contributed by atoms with van der Waals surface area (Å²) in [5, 5.41) is 4.05. The molecule has 4 rings (SSSR count). The molecule has 2 aromatic heterocycles. The zero-order chi connectivity index (χ0) is 18.5. The van der Waals surface area contributed by atoms with Crippen LogP contribution in [0.2, 0.25) is 0 Å². The van der Waals surface area contributed by atoms with Gasteiger partial charge in [0, 0.05) is 12.3 Å².